The van der Waals surface area contributed by atoms with Crippen LogP contribution in [0.2, 0.25) is 0 Å². The molecular formula is C15H14N2O5. The number of carboxylic acid groups (broad SMARTS) is 1. The van der Waals surface area contributed by atoms with Crippen LogP contribution in [0.1, 0.15) is 15.9 Å². The summed E-state index contributed by atoms with van der Waals surface area (Å²) in [6.07, 6.45) is 0. The van der Waals surface area contributed by atoms with Gasteiger partial charge in [0.2, 0.25) is 0 Å². The van der Waals surface area contributed by atoms with E-state index in [0.717, 1.165) is 5.56 Å². The van der Waals surface area contributed by atoms with Crippen LogP contribution in [-0.4, -0.2) is 23.1 Å². The standard InChI is InChI=1S/C15H14N2O5/c1-22-14-7-6-12(8-13(14)17(20)21)16-9-10-2-4-11(5-3-10)15(18)19/h2-8,16H,9H2,1H3,(H,18,19). The molecule has 0 spiro atoms. The molecule has 2 N–H and O–H groups in total. The smallest absolute Gasteiger partial charge is 0.335 e. The highest BCUT2D eigenvalue weighted by molar-refractivity contribution is 5.87. The van der Waals surface area contributed by atoms with Gasteiger partial charge in [0.15, 0.2) is 5.75 Å². The number of nitro groups is 1. The molecule has 2 aromatic rings. The number of hydrogen-bond donors (Lipinski definition) is 2. The average molecular weight is 302 g/mol. The molecule has 0 amide bonds. The molecule has 0 aliphatic carbocycles. The molecule has 0 aliphatic rings. The van der Waals surface area contributed by atoms with Gasteiger partial charge in [0.1, 0.15) is 0 Å². The number of rotatable bonds is 6. The molecule has 0 fully saturated rings. The number of carbonyl (C=O) groups is 1. The first-order valence-corrected chi connectivity index (χ1v) is 6.40. The number of aromatic carboxylic acids is 1. The second-order valence-electron chi connectivity index (χ2n) is 4.50. The van der Waals surface area contributed by atoms with Crippen LogP contribution in [-0.2, 0) is 6.54 Å². The van der Waals surface area contributed by atoms with Crippen LogP contribution in [0.5, 0.6) is 5.75 Å². The number of nitrogens with one attached hydrogen (secondary N) is 1. The number of carboxylic acids is 1. The topological polar surface area (TPSA) is 102 Å². The predicted molar refractivity (Wildman–Crippen MR) is 80.4 cm³/mol. The first-order valence-electron chi connectivity index (χ1n) is 6.40. The van der Waals surface area contributed by atoms with E-state index in [1.54, 1.807) is 18.2 Å². The number of nitro benzene ring substituents is 1. The van der Waals surface area contributed by atoms with Crippen molar-refractivity contribution < 1.29 is 19.6 Å². The Hall–Kier alpha value is -3.09. The quantitative estimate of drug-likeness (QED) is 0.628. The Bertz CT molecular complexity index is 698. The highest BCUT2D eigenvalue weighted by Gasteiger charge is 2.14. The van der Waals surface area contributed by atoms with Gasteiger partial charge in [-0.2, -0.15) is 0 Å². The van der Waals surface area contributed by atoms with Crippen molar-refractivity contribution in [2.45, 2.75) is 6.54 Å². The number of benzene rings is 2. The molecule has 0 heterocycles. The van der Waals surface area contributed by atoms with Crippen molar-refractivity contribution in [3.05, 3.63) is 63.7 Å². The molecule has 0 saturated heterocycles. The number of nitrogens with zero attached hydrogens (tertiary/aromatic N) is 1. The molecule has 0 bridgehead atoms. The first kappa shape index (κ1) is 15.3. The number of methoxy groups -OCH3 is 1. The molecule has 2 aromatic carbocycles. The maximum Gasteiger partial charge on any atom is 0.335 e. The Morgan fingerprint density at radius 3 is 2.50 bits per heavy atom. The van der Waals surface area contributed by atoms with Gasteiger partial charge in [-0.1, -0.05) is 12.1 Å². The molecule has 0 saturated carbocycles. The first-order chi connectivity index (χ1) is 10.5. The van der Waals surface area contributed by atoms with Crippen LogP contribution in [0.15, 0.2) is 42.5 Å². The predicted octanol–water partition coefficient (Wildman–Crippen LogP) is 2.91. The molecule has 0 atom stereocenters. The third kappa shape index (κ3) is 3.51. The molecule has 2 rings (SSSR count). The van der Waals surface area contributed by atoms with Crippen molar-refractivity contribution in [1.82, 2.24) is 0 Å². The molecule has 7 heteroatoms. The summed E-state index contributed by atoms with van der Waals surface area (Å²) in [4.78, 5) is 21.2. The summed E-state index contributed by atoms with van der Waals surface area (Å²) in [5.74, 6) is -0.786. The molecule has 7 nitrogen and oxygen atoms in total. The van der Waals surface area contributed by atoms with E-state index in [-0.39, 0.29) is 17.0 Å². The van der Waals surface area contributed by atoms with Crippen molar-refractivity contribution in [1.29, 1.82) is 0 Å². The molecule has 0 aromatic heterocycles. The van der Waals surface area contributed by atoms with Gasteiger partial charge in [0.05, 0.1) is 17.6 Å². The molecule has 0 aliphatic heterocycles. The SMILES string of the molecule is COc1ccc(NCc2ccc(C(=O)O)cc2)cc1[N+](=O)[O-]. The lowest BCUT2D eigenvalue weighted by Gasteiger charge is -2.08. The fraction of sp³-hybridized carbons (Fsp3) is 0.133. The van der Waals surface area contributed by atoms with Gasteiger partial charge in [0, 0.05) is 18.3 Å². The maximum atomic E-state index is 11.0. The van der Waals surface area contributed by atoms with E-state index in [4.69, 9.17) is 9.84 Å². The summed E-state index contributed by atoms with van der Waals surface area (Å²) in [5.41, 5.74) is 1.54. The number of ether oxygens (including phenoxy) is 1. The molecular weight excluding hydrogens is 288 g/mol. The van der Waals surface area contributed by atoms with E-state index in [1.807, 2.05) is 0 Å². The fourth-order valence-electron chi connectivity index (χ4n) is 1.91. The third-order valence-electron chi connectivity index (χ3n) is 3.07. The Morgan fingerprint density at radius 1 is 1.27 bits per heavy atom. The Kier molecular flexibility index (Phi) is 4.57. The van der Waals surface area contributed by atoms with E-state index in [1.165, 1.54) is 31.4 Å². The van der Waals surface area contributed by atoms with E-state index in [2.05, 4.69) is 5.32 Å². The van der Waals surface area contributed by atoms with Crippen LogP contribution in [0.4, 0.5) is 11.4 Å². The minimum Gasteiger partial charge on any atom is -0.490 e. The maximum absolute atomic E-state index is 11.0. The number of anilines is 1. The fourth-order valence-corrected chi connectivity index (χ4v) is 1.91. The lowest BCUT2D eigenvalue weighted by Crippen LogP contribution is -2.02. The van der Waals surface area contributed by atoms with Crippen molar-refractivity contribution in [2.24, 2.45) is 0 Å². The van der Waals surface area contributed by atoms with Gasteiger partial charge >= 0.3 is 11.7 Å². The highest BCUT2D eigenvalue weighted by atomic mass is 16.6. The van der Waals surface area contributed by atoms with Gasteiger partial charge < -0.3 is 15.2 Å². The van der Waals surface area contributed by atoms with Gasteiger partial charge in [-0.15, -0.1) is 0 Å². The molecule has 22 heavy (non-hydrogen) atoms. The van der Waals surface area contributed by atoms with Gasteiger partial charge in [0.25, 0.3) is 0 Å². The zero-order valence-corrected chi connectivity index (χ0v) is 11.8. The zero-order valence-electron chi connectivity index (χ0n) is 11.8. The van der Waals surface area contributed by atoms with Crippen molar-refractivity contribution in [3.8, 4) is 5.75 Å². The lowest BCUT2D eigenvalue weighted by molar-refractivity contribution is -0.385. The Morgan fingerprint density at radius 2 is 1.95 bits per heavy atom. The van der Waals surface area contributed by atoms with E-state index in [9.17, 15) is 14.9 Å². The van der Waals surface area contributed by atoms with Crippen LogP contribution in [0, 0.1) is 10.1 Å². The van der Waals surface area contributed by atoms with E-state index in [0.29, 0.717) is 12.2 Å². The largest absolute Gasteiger partial charge is 0.490 e. The Balaban J connectivity index is 2.09. The monoisotopic (exact) mass is 302 g/mol. The van der Waals surface area contributed by atoms with Gasteiger partial charge in [-0.3, -0.25) is 10.1 Å². The number of hydrogen-bond acceptors (Lipinski definition) is 5. The summed E-state index contributed by atoms with van der Waals surface area (Å²) < 4.78 is 4.93. The summed E-state index contributed by atoms with van der Waals surface area (Å²) >= 11 is 0. The Labute approximate surface area is 126 Å². The molecule has 0 radical (unpaired) electrons. The van der Waals surface area contributed by atoms with Crippen molar-refractivity contribution >= 4 is 17.3 Å². The minimum absolute atomic E-state index is 0.117. The van der Waals surface area contributed by atoms with Crippen molar-refractivity contribution in [2.75, 3.05) is 12.4 Å². The minimum atomic E-state index is -0.981. The second-order valence-corrected chi connectivity index (χ2v) is 4.50. The summed E-state index contributed by atoms with van der Waals surface area (Å²) in [6.45, 7) is 0.420. The van der Waals surface area contributed by atoms with Crippen LogP contribution >= 0.6 is 0 Å². The molecule has 114 valence electrons. The van der Waals surface area contributed by atoms with E-state index < -0.39 is 10.9 Å². The second kappa shape index (κ2) is 6.57. The summed E-state index contributed by atoms with van der Waals surface area (Å²) in [6, 6.07) is 11.0. The lowest BCUT2D eigenvalue weighted by atomic mass is 10.1. The van der Waals surface area contributed by atoms with Crippen LogP contribution < -0.4 is 10.1 Å². The van der Waals surface area contributed by atoms with Crippen LogP contribution in [0.3, 0.4) is 0 Å². The zero-order chi connectivity index (χ0) is 16.1. The normalized spacial score (nSPS) is 10.0. The summed E-state index contributed by atoms with van der Waals surface area (Å²) in [5, 5.41) is 22.8. The van der Waals surface area contributed by atoms with Crippen LogP contribution in [0.25, 0.3) is 0 Å². The average Bonchev–Trinajstić information content (AvgIpc) is 2.53. The molecule has 0 unspecified atom stereocenters. The van der Waals surface area contributed by atoms with Crippen molar-refractivity contribution in [3.63, 3.8) is 0 Å². The summed E-state index contributed by atoms with van der Waals surface area (Å²) in [7, 11) is 1.37. The third-order valence-corrected chi connectivity index (χ3v) is 3.07. The van der Waals surface area contributed by atoms with Gasteiger partial charge in [-0.05, 0) is 29.8 Å². The highest BCUT2D eigenvalue weighted by Crippen LogP contribution is 2.29. The van der Waals surface area contributed by atoms with E-state index >= 15 is 0 Å². The van der Waals surface area contributed by atoms with Gasteiger partial charge in [-0.25, -0.2) is 4.79 Å².